The van der Waals surface area contributed by atoms with E-state index in [-0.39, 0.29) is 34.9 Å². The van der Waals surface area contributed by atoms with E-state index in [1.807, 2.05) is 30.3 Å². The van der Waals surface area contributed by atoms with Crippen LogP contribution in [0.25, 0.3) is 0 Å². The van der Waals surface area contributed by atoms with Gasteiger partial charge in [-0.15, -0.1) is 0 Å². The van der Waals surface area contributed by atoms with E-state index in [0.29, 0.717) is 13.1 Å². The van der Waals surface area contributed by atoms with Crippen LogP contribution in [0, 0.1) is 13.8 Å². The summed E-state index contributed by atoms with van der Waals surface area (Å²) in [5, 5.41) is 3.64. The van der Waals surface area contributed by atoms with Crippen molar-refractivity contribution in [1.29, 1.82) is 0 Å². The fourth-order valence-electron chi connectivity index (χ4n) is 3.15. The monoisotopic (exact) mass is 393 g/mol. The zero-order chi connectivity index (χ0) is 19.4. The molecule has 1 atom stereocenters. The van der Waals surface area contributed by atoms with E-state index >= 15 is 0 Å². The summed E-state index contributed by atoms with van der Waals surface area (Å²) in [6.45, 7) is 3.77. The van der Waals surface area contributed by atoms with Crippen molar-refractivity contribution in [2.45, 2.75) is 37.7 Å². The average Bonchev–Trinajstić information content (AvgIpc) is 3.00. The highest BCUT2D eigenvalue weighted by atomic mass is 32.2. The zero-order valence-electron chi connectivity index (χ0n) is 15.3. The number of nitrogens with one attached hydrogen (secondary N) is 1. The van der Waals surface area contributed by atoms with Gasteiger partial charge in [-0.1, -0.05) is 23.4 Å². The molecule has 0 bridgehead atoms. The number of nitrogens with zero attached hydrogens (tertiary/aromatic N) is 2. The number of carbonyl (C=O) groups is 1. The van der Waals surface area contributed by atoms with Gasteiger partial charge in [-0.3, -0.25) is 4.79 Å². The number of para-hydroxylation sites is 1. The Morgan fingerprint density at radius 1 is 1.33 bits per heavy atom. The van der Waals surface area contributed by atoms with E-state index in [0.717, 1.165) is 18.6 Å². The number of sulfonamides is 1. The van der Waals surface area contributed by atoms with Crippen molar-refractivity contribution in [3.8, 4) is 5.75 Å². The summed E-state index contributed by atoms with van der Waals surface area (Å²) in [6, 6.07) is 9.45. The van der Waals surface area contributed by atoms with Crippen molar-refractivity contribution in [2.75, 3.05) is 19.6 Å². The van der Waals surface area contributed by atoms with E-state index in [2.05, 4.69) is 9.88 Å². The third kappa shape index (κ3) is 4.67. The van der Waals surface area contributed by atoms with Crippen molar-refractivity contribution in [3.63, 3.8) is 0 Å². The number of likely N-dealkylation sites (tertiary alicyclic amines) is 1. The van der Waals surface area contributed by atoms with Gasteiger partial charge in [-0.05, 0) is 38.8 Å². The third-order valence-electron chi connectivity index (χ3n) is 4.43. The van der Waals surface area contributed by atoms with Crippen molar-refractivity contribution in [3.05, 3.63) is 41.8 Å². The summed E-state index contributed by atoms with van der Waals surface area (Å²) in [6.07, 6.45) is 1.55. The summed E-state index contributed by atoms with van der Waals surface area (Å²) < 4.78 is 38.0. The molecule has 1 unspecified atom stereocenters. The van der Waals surface area contributed by atoms with Crippen LogP contribution < -0.4 is 9.46 Å². The lowest BCUT2D eigenvalue weighted by Gasteiger charge is -2.33. The van der Waals surface area contributed by atoms with Crippen LogP contribution in [-0.4, -0.2) is 50.1 Å². The highest BCUT2D eigenvalue weighted by Gasteiger charge is 2.28. The second-order valence-corrected chi connectivity index (χ2v) is 8.22. The Hall–Kier alpha value is -2.39. The van der Waals surface area contributed by atoms with Gasteiger partial charge in [0.15, 0.2) is 5.76 Å². The number of benzene rings is 1. The zero-order valence-corrected chi connectivity index (χ0v) is 16.2. The Labute approximate surface area is 158 Å². The summed E-state index contributed by atoms with van der Waals surface area (Å²) in [7, 11) is -3.86. The van der Waals surface area contributed by atoms with Crippen molar-refractivity contribution < 1.29 is 22.5 Å². The molecule has 0 spiro atoms. The normalized spacial score (nSPS) is 17.7. The second-order valence-electron chi connectivity index (χ2n) is 6.51. The van der Waals surface area contributed by atoms with Crippen LogP contribution in [0.1, 0.15) is 24.3 Å². The minimum atomic E-state index is -3.86. The molecule has 3 rings (SSSR count). The van der Waals surface area contributed by atoms with Crippen LogP contribution in [-0.2, 0) is 14.8 Å². The summed E-state index contributed by atoms with van der Waals surface area (Å²) >= 11 is 0. The van der Waals surface area contributed by atoms with Crippen molar-refractivity contribution >= 4 is 15.9 Å². The largest absolute Gasteiger partial charge is 0.489 e. The smallest absolute Gasteiger partial charge is 0.246 e. The summed E-state index contributed by atoms with van der Waals surface area (Å²) in [5.41, 5.74) is 0.266. The molecule has 1 aliphatic rings. The van der Waals surface area contributed by atoms with Crippen LogP contribution in [0.5, 0.6) is 5.75 Å². The maximum absolute atomic E-state index is 12.5. The Morgan fingerprint density at radius 2 is 2.07 bits per heavy atom. The maximum Gasteiger partial charge on any atom is 0.246 e. The lowest BCUT2D eigenvalue weighted by molar-refractivity contribution is -0.132. The van der Waals surface area contributed by atoms with E-state index in [1.54, 1.807) is 11.8 Å². The predicted molar refractivity (Wildman–Crippen MR) is 97.8 cm³/mol. The third-order valence-corrected chi connectivity index (χ3v) is 6.07. The quantitative estimate of drug-likeness (QED) is 0.801. The van der Waals surface area contributed by atoms with Crippen LogP contribution >= 0.6 is 0 Å². The number of piperidine rings is 1. The van der Waals surface area contributed by atoms with Gasteiger partial charge in [0.1, 0.15) is 22.4 Å². The first-order chi connectivity index (χ1) is 12.9. The SMILES string of the molecule is Cc1noc(C)c1S(=O)(=O)NCC(=O)N1CCCC(Oc2ccccc2)C1. The molecule has 0 aliphatic carbocycles. The topological polar surface area (TPSA) is 102 Å². The maximum atomic E-state index is 12.5. The van der Waals surface area contributed by atoms with E-state index in [4.69, 9.17) is 9.26 Å². The number of ether oxygens (including phenoxy) is 1. The molecule has 2 aromatic rings. The first-order valence-electron chi connectivity index (χ1n) is 8.79. The number of carbonyl (C=O) groups excluding carboxylic acids is 1. The van der Waals surface area contributed by atoms with Gasteiger partial charge in [-0.25, -0.2) is 13.1 Å². The lowest BCUT2D eigenvalue weighted by Crippen LogP contribution is -2.48. The molecule has 1 amide bonds. The van der Waals surface area contributed by atoms with Crippen LogP contribution in [0.15, 0.2) is 39.8 Å². The average molecular weight is 393 g/mol. The van der Waals surface area contributed by atoms with Gasteiger partial charge in [0.05, 0.1) is 13.1 Å². The first kappa shape index (κ1) is 19.4. The Balaban J connectivity index is 1.57. The fraction of sp³-hybridized carbons (Fsp3) is 0.444. The molecule has 2 heterocycles. The molecule has 1 aromatic heterocycles. The van der Waals surface area contributed by atoms with Crippen molar-refractivity contribution in [1.82, 2.24) is 14.8 Å². The number of rotatable bonds is 6. The highest BCUT2D eigenvalue weighted by Crippen LogP contribution is 2.20. The molecular weight excluding hydrogens is 370 g/mol. The first-order valence-corrected chi connectivity index (χ1v) is 10.3. The molecule has 9 heteroatoms. The molecule has 8 nitrogen and oxygen atoms in total. The summed E-state index contributed by atoms with van der Waals surface area (Å²) in [5.74, 6) is 0.671. The second kappa shape index (κ2) is 8.10. The molecule has 1 saturated heterocycles. The minimum Gasteiger partial charge on any atom is -0.489 e. The molecule has 1 aliphatic heterocycles. The molecule has 146 valence electrons. The van der Waals surface area contributed by atoms with Gasteiger partial charge in [-0.2, -0.15) is 0 Å². The summed E-state index contributed by atoms with van der Waals surface area (Å²) in [4.78, 5) is 14.1. The minimum absolute atomic E-state index is 0.0146. The van der Waals surface area contributed by atoms with Gasteiger partial charge < -0.3 is 14.2 Å². The molecule has 0 saturated carbocycles. The van der Waals surface area contributed by atoms with Crippen LogP contribution in [0.2, 0.25) is 0 Å². The van der Waals surface area contributed by atoms with E-state index < -0.39 is 10.0 Å². The van der Waals surface area contributed by atoms with Gasteiger partial charge in [0.25, 0.3) is 0 Å². The molecule has 1 fully saturated rings. The molecule has 27 heavy (non-hydrogen) atoms. The molecule has 1 aromatic carbocycles. The molecule has 1 N–H and O–H groups in total. The van der Waals surface area contributed by atoms with Crippen LogP contribution in [0.3, 0.4) is 0 Å². The number of aryl methyl sites for hydroxylation is 2. The number of aromatic nitrogens is 1. The van der Waals surface area contributed by atoms with E-state index in [1.165, 1.54) is 6.92 Å². The predicted octanol–water partition coefficient (Wildman–Crippen LogP) is 1.64. The van der Waals surface area contributed by atoms with Crippen LogP contribution in [0.4, 0.5) is 0 Å². The van der Waals surface area contributed by atoms with Crippen molar-refractivity contribution in [2.24, 2.45) is 0 Å². The van der Waals surface area contributed by atoms with Gasteiger partial charge in [0, 0.05) is 6.54 Å². The molecule has 0 radical (unpaired) electrons. The van der Waals surface area contributed by atoms with Gasteiger partial charge in [0.2, 0.25) is 15.9 Å². The standard InChI is InChI=1S/C18H23N3O5S/c1-13-18(14(2)26-20-13)27(23,24)19-11-17(22)21-10-6-9-16(12-21)25-15-7-4-3-5-8-15/h3-5,7-8,16,19H,6,9-12H2,1-2H3. The number of hydrogen-bond acceptors (Lipinski definition) is 6. The Kier molecular flexibility index (Phi) is 5.81. The lowest BCUT2D eigenvalue weighted by atomic mass is 10.1. The van der Waals surface area contributed by atoms with E-state index in [9.17, 15) is 13.2 Å². The number of hydrogen-bond donors (Lipinski definition) is 1. The highest BCUT2D eigenvalue weighted by molar-refractivity contribution is 7.89. The number of amides is 1. The molecular formula is C18H23N3O5S. The fourth-order valence-corrected chi connectivity index (χ4v) is 4.45. The Morgan fingerprint density at radius 3 is 2.74 bits per heavy atom. The van der Waals surface area contributed by atoms with Gasteiger partial charge >= 0.3 is 0 Å². The Bertz CT molecular complexity index is 875.